The standard InChI is InChI=1S/C34H37F3N8O3/c1-22-31(29-16-17-40-44(29)27-14-10-23(19-38)11-15-27)43(33(48)42(22)28-7-5-6-25(18-28)34(35,36)37)32(47)41-26-12-8-24(9-13-26)20-39-30(46)21-45(2,3)4/h5-7,10-11,14-18,24,26H,8-9,12-13,20-21H2,1-4H3,(H-,39,41,46,47)/p+1. The first-order chi connectivity index (χ1) is 22.7. The van der Waals surface area contributed by atoms with Crippen molar-refractivity contribution < 1.29 is 27.2 Å². The van der Waals surface area contributed by atoms with E-state index in [1.165, 1.54) is 23.0 Å². The molecule has 1 aliphatic carbocycles. The molecule has 4 aromatic rings. The van der Waals surface area contributed by atoms with E-state index in [1.54, 1.807) is 37.3 Å². The number of halogens is 3. The van der Waals surface area contributed by atoms with Gasteiger partial charge in [-0.2, -0.15) is 23.5 Å². The Bertz CT molecular complexity index is 1900. The van der Waals surface area contributed by atoms with E-state index in [-0.39, 0.29) is 34.9 Å². The van der Waals surface area contributed by atoms with Crippen LogP contribution in [0, 0.1) is 24.2 Å². The Morgan fingerprint density at radius 2 is 1.71 bits per heavy atom. The first-order valence-electron chi connectivity index (χ1n) is 15.6. The van der Waals surface area contributed by atoms with E-state index in [2.05, 4.69) is 21.8 Å². The van der Waals surface area contributed by atoms with Gasteiger partial charge < -0.3 is 15.1 Å². The molecule has 1 fully saturated rings. The van der Waals surface area contributed by atoms with Gasteiger partial charge in [-0.15, -0.1) is 0 Å². The largest absolute Gasteiger partial charge is 0.416 e. The highest BCUT2D eigenvalue weighted by Gasteiger charge is 2.33. The molecule has 2 aromatic carbocycles. The third kappa shape index (κ3) is 7.52. The minimum absolute atomic E-state index is 0.0225. The van der Waals surface area contributed by atoms with Crippen molar-refractivity contribution >= 4 is 11.9 Å². The lowest BCUT2D eigenvalue weighted by Crippen LogP contribution is -2.46. The van der Waals surface area contributed by atoms with Crippen LogP contribution < -0.4 is 16.3 Å². The van der Waals surface area contributed by atoms with Crippen molar-refractivity contribution in [1.82, 2.24) is 29.5 Å². The van der Waals surface area contributed by atoms with Crippen LogP contribution in [0.2, 0.25) is 0 Å². The number of quaternary nitrogens is 1. The summed E-state index contributed by atoms with van der Waals surface area (Å²) in [7, 11) is 5.83. The molecule has 1 saturated carbocycles. The van der Waals surface area contributed by atoms with E-state index in [0.29, 0.717) is 47.4 Å². The number of carbonyl (C=O) groups is 2. The lowest BCUT2D eigenvalue weighted by atomic mass is 9.86. The molecule has 0 atom stereocenters. The Balaban J connectivity index is 1.46. The van der Waals surface area contributed by atoms with Gasteiger partial charge in [0.1, 0.15) is 5.69 Å². The molecule has 2 aromatic heterocycles. The molecule has 0 spiro atoms. The van der Waals surface area contributed by atoms with Gasteiger partial charge in [-0.25, -0.2) is 18.8 Å². The summed E-state index contributed by atoms with van der Waals surface area (Å²) in [5, 5.41) is 19.6. The van der Waals surface area contributed by atoms with Gasteiger partial charge in [-0.1, -0.05) is 6.07 Å². The summed E-state index contributed by atoms with van der Waals surface area (Å²) in [6.45, 7) is 2.47. The van der Waals surface area contributed by atoms with E-state index in [4.69, 9.17) is 0 Å². The van der Waals surface area contributed by atoms with Gasteiger partial charge in [-0.05, 0) is 87.1 Å². The molecule has 2 N–H and O–H groups in total. The highest BCUT2D eigenvalue weighted by molar-refractivity contribution is 5.83. The zero-order valence-electron chi connectivity index (χ0n) is 27.2. The van der Waals surface area contributed by atoms with E-state index in [1.807, 2.05) is 21.1 Å². The van der Waals surface area contributed by atoms with Gasteiger partial charge in [0.15, 0.2) is 6.54 Å². The van der Waals surface area contributed by atoms with E-state index < -0.39 is 23.5 Å². The minimum atomic E-state index is -4.64. The number of benzene rings is 2. The van der Waals surface area contributed by atoms with E-state index in [9.17, 15) is 32.8 Å². The van der Waals surface area contributed by atoms with Crippen molar-refractivity contribution in [1.29, 1.82) is 5.26 Å². The molecule has 0 saturated heterocycles. The van der Waals surface area contributed by atoms with Crippen LogP contribution >= 0.6 is 0 Å². The molecule has 252 valence electrons. The average Bonchev–Trinajstić information content (AvgIpc) is 3.61. The van der Waals surface area contributed by atoms with Crippen LogP contribution in [0.15, 0.2) is 65.6 Å². The zero-order chi connectivity index (χ0) is 34.8. The summed E-state index contributed by atoms with van der Waals surface area (Å²) < 4.78 is 45.0. The molecule has 48 heavy (non-hydrogen) atoms. The minimum Gasteiger partial charge on any atom is -0.351 e. The first kappa shape index (κ1) is 34.2. The second-order valence-electron chi connectivity index (χ2n) is 13.1. The summed E-state index contributed by atoms with van der Waals surface area (Å²) >= 11 is 0. The highest BCUT2D eigenvalue weighted by atomic mass is 19.4. The molecule has 0 unspecified atom stereocenters. The molecule has 0 radical (unpaired) electrons. The van der Waals surface area contributed by atoms with Crippen molar-refractivity contribution in [3.63, 3.8) is 0 Å². The van der Waals surface area contributed by atoms with E-state index >= 15 is 0 Å². The predicted octanol–water partition coefficient (Wildman–Crippen LogP) is 4.63. The highest BCUT2D eigenvalue weighted by Crippen LogP contribution is 2.32. The molecule has 5 rings (SSSR count). The summed E-state index contributed by atoms with van der Waals surface area (Å²) in [6, 6.07) is 13.6. The van der Waals surface area contributed by atoms with Crippen LogP contribution in [0.5, 0.6) is 0 Å². The number of nitriles is 1. The Kier molecular flexibility index (Phi) is 9.63. The van der Waals surface area contributed by atoms with Crippen molar-refractivity contribution in [3.8, 4) is 28.8 Å². The smallest absolute Gasteiger partial charge is 0.351 e. The number of nitrogens with zero attached hydrogens (tertiary/aromatic N) is 6. The number of likely N-dealkylation sites (N-methyl/N-ethyl adjacent to an activating group) is 1. The molecule has 2 amide bonds. The van der Waals surface area contributed by atoms with Crippen molar-refractivity contribution in [2.24, 2.45) is 5.92 Å². The topological polar surface area (TPSA) is 127 Å². The Hall–Kier alpha value is -5.16. The van der Waals surface area contributed by atoms with Gasteiger partial charge in [0.25, 0.3) is 5.91 Å². The number of carbonyl (C=O) groups excluding carboxylic acids is 2. The number of amides is 2. The molecule has 0 bridgehead atoms. The fraction of sp³-hybridized carbons (Fsp3) is 0.382. The lowest BCUT2D eigenvalue weighted by molar-refractivity contribution is -0.862. The van der Waals surface area contributed by atoms with Crippen LogP contribution in [-0.2, 0) is 11.0 Å². The molecule has 0 aliphatic heterocycles. The van der Waals surface area contributed by atoms with Gasteiger partial charge in [-0.3, -0.25) is 9.36 Å². The average molecular weight is 664 g/mol. The van der Waals surface area contributed by atoms with Crippen molar-refractivity contribution in [3.05, 3.63) is 88.1 Å². The fourth-order valence-electron chi connectivity index (χ4n) is 6.08. The maximum atomic E-state index is 14.1. The number of hydrogen-bond acceptors (Lipinski definition) is 5. The number of rotatable bonds is 8. The number of aromatic nitrogens is 4. The fourth-order valence-corrected chi connectivity index (χ4v) is 6.08. The maximum Gasteiger partial charge on any atom is 0.416 e. The third-order valence-electron chi connectivity index (χ3n) is 8.43. The van der Waals surface area contributed by atoms with Gasteiger partial charge in [0.2, 0.25) is 0 Å². The monoisotopic (exact) mass is 663 g/mol. The molecule has 11 nitrogen and oxygen atoms in total. The second kappa shape index (κ2) is 13.5. The number of nitrogens with one attached hydrogen (secondary N) is 2. The zero-order valence-corrected chi connectivity index (χ0v) is 27.2. The molecular weight excluding hydrogens is 625 g/mol. The number of imidazole rings is 1. The Morgan fingerprint density at radius 1 is 1.02 bits per heavy atom. The lowest BCUT2D eigenvalue weighted by Gasteiger charge is -2.29. The summed E-state index contributed by atoms with van der Waals surface area (Å²) in [5.41, 5.74) is -0.0912. The molecule has 2 heterocycles. The summed E-state index contributed by atoms with van der Waals surface area (Å²) in [4.78, 5) is 40.3. The van der Waals surface area contributed by atoms with Gasteiger partial charge in [0.05, 0.1) is 67.3 Å². The van der Waals surface area contributed by atoms with Crippen LogP contribution in [0.4, 0.5) is 18.0 Å². The quantitative estimate of drug-likeness (QED) is 0.266. The maximum absolute atomic E-state index is 14.1. The second-order valence-corrected chi connectivity index (χ2v) is 13.1. The number of hydrogen-bond donors (Lipinski definition) is 2. The Morgan fingerprint density at radius 3 is 2.33 bits per heavy atom. The van der Waals surface area contributed by atoms with Crippen LogP contribution in [0.25, 0.3) is 22.8 Å². The molecule has 14 heteroatoms. The summed E-state index contributed by atoms with van der Waals surface area (Å²) in [6.07, 6.45) is -0.385. The molecular formula is C34H38F3N8O3+. The first-order valence-corrected chi connectivity index (χ1v) is 15.6. The van der Waals surface area contributed by atoms with Crippen LogP contribution in [0.3, 0.4) is 0 Å². The van der Waals surface area contributed by atoms with Crippen molar-refractivity contribution in [2.75, 3.05) is 34.2 Å². The Labute approximate surface area is 275 Å². The van der Waals surface area contributed by atoms with Crippen LogP contribution in [-0.4, -0.2) is 75.6 Å². The van der Waals surface area contributed by atoms with Crippen LogP contribution in [0.1, 0.15) is 42.5 Å². The van der Waals surface area contributed by atoms with E-state index in [0.717, 1.165) is 34.1 Å². The van der Waals surface area contributed by atoms with Crippen molar-refractivity contribution in [2.45, 2.75) is 44.8 Å². The van der Waals surface area contributed by atoms with Gasteiger partial charge in [0, 0.05) is 12.6 Å². The number of alkyl halides is 3. The normalized spacial score (nSPS) is 16.7. The SMILES string of the molecule is Cc1c(-c2ccnn2-c2ccc(C#N)cc2)n(C(=O)NC2CCC(CNC(=O)C[N+](C)(C)C)CC2)c(=O)n1-c1cccc(C(F)(F)F)c1. The predicted molar refractivity (Wildman–Crippen MR) is 173 cm³/mol. The molecule has 1 aliphatic rings. The van der Waals surface area contributed by atoms with Gasteiger partial charge >= 0.3 is 17.9 Å². The third-order valence-corrected chi connectivity index (χ3v) is 8.43. The summed E-state index contributed by atoms with van der Waals surface area (Å²) in [5.74, 6) is 0.226.